The van der Waals surface area contributed by atoms with E-state index in [1.807, 2.05) is 12.1 Å². The zero-order valence-electron chi connectivity index (χ0n) is 16.8. The Bertz CT molecular complexity index is 675. The lowest BCUT2D eigenvalue weighted by Gasteiger charge is -2.37. The molecule has 27 heavy (non-hydrogen) atoms. The molecule has 7 nitrogen and oxygen atoms in total. The second-order valence-electron chi connectivity index (χ2n) is 7.06. The third kappa shape index (κ3) is 5.05. The lowest BCUT2D eigenvalue weighted by molar-refractivity contribution is -0.141. The number of ether oxygens (including phenoxy) is 3. The van der Waals surface area contributed by atoms with Crippen LogP contribution in [0.4, 0.5) is 4.79 Å². The van der Waals surface area contributed by atoms with Crippen LogP contribution in [0, 0.1) is 5.92 Å². The Balaban J connectivity index is 2.31. The highest BCUT2D eigenvalue weighted by Crippen LogP contribution is 2.39. The zero-order valence-corrected chi connectivity index (χ0v) is 16.8. The van der Waals surface area contributed by atoms with Crippen molar-refractivity contribution in [1.82, 2.24) is 10.2 Å². The van der Waals surface area contributed by atoms with Gasteiger partial charge in [-0.15, -0.1) is 0 Å². The first-order chi connectivity index (χ1) is 12.9. The molecule has 1 aromatic carbocycles. The molecule has 0 aromatic heterocycles. The average Bonchev–Trinajstić information content (AvgIpc) is 2.66. The van der Waals surface area contributed by atoms with Crippen LogP contribution in [0.25, 0.3) is 0 Å². The fraction of sp³-hybridized carbons (Fsp3) is 0.600. The summed E-state index contributed by atoms with van der Waals surface area (Å²) < 4.78 is 15.6. The highest BCUT2D eigenvalue weighted by molar-refractivity contribution is 5.77. The predicted octanol–water partition coefficient (Wildman–Crippen LogP) is 2.92. The number of amides is 2. The van der Waals surface area contributed by atoms with Crippen molar-refractivity contribution in [3.63, 3.8) is 0 Å². The van der Waals surface area contributed by atoms with Crippen molar-refractivity contribution in [3.8, 4) is 11.5 Å². The molecule has 0 saturated carbocycles. The highest BCUT2D eigenvalue weighted by Gasteiger charge is 2.34. The fourth-order valence-corrected chi connectivity index (χ4v) is 3.30. The average molecular weight is 378 g/mol. The normalized spacial score (nSPS) is 15.9. The van der Waals surface area contributed by atoms with Gasteiger partial charge in [-0.1, -0.05) is 13.8 Å². The van der Waals surface area contributed by atoms with Gasteiger partial charge in [-0.05, 0) is 42.0 Å². The standard InChI is InChI=1S/C20H30N2O5/c1-13(2)6-8-21-20(24)22-9-7-14-10-17(25-3)18(26-4)11-15(14)16(22)12-19(23)27-5/h10-11,13,16H,6-9,12H2,1-5H3,(H,21,24)/t16-/m1/s1. The Kier molecular flexibility index (Phi) is 7.33. The molecule has 0 bridgehead atoms. The monoisotopic (exact) mass is 378 g/mol. The second-order valence-corrected chi connectivity index (χ2v) is 7.06. The van der Waals surface area contributed by atoms with Gasteiger partial charge in [0.05, 0.1) is 33.8 Å². The van der Waals surface area contributed by atoms with Crippen molar-refractivity contribution < 1.29 is 23.8 Å². The maximum absolute atomic E-state index is 12.8. The van der Waals surface area contributed by atoms with Crippen molar-refractivity contribution in [1.29, 1.82) is 0 Å². The molecule has 1 heterocycles. The summed E-state index contributed by atoms with van der Waals surface area (Å²) in [4.78, 5) is 26.5. The summed E-state index contributed by atoms with van der Waals surface area (Å²) in [7, 11) is 4.51. The van der Waals surface area contributed by atoms with E-state index in [0.717, 1.165) is 17.5 Å². The zero-order chi connectivity index (χ0) is 20.0. The number of nitrogens with one attached hydrogen (secondary N) is 1. The van der Waals surface area contributed by atoms with Gasteiger partial charge in [0, 0.05) is 13.1 Å². The van der Waals surface area contributed by atoms with Crippen LogP contribution in [0.2, 0.25) is 0 Å². The smallest absolute Gasteiger partial charge is 0.317 e. The third-order valence-electron chi connectivity index (χ3n) is 4.85. The van der Waals surface area contributed by atoms with Gasteiger partial charge >= 0.3 is 12.0 Å². The number of urea groups is 1. The molecule has 0 spiro atoms. The van der Waals surface area contributed by atoms with E-state index in [-0.39, 0.29) is 18.4 Å². The molecule has 1 N–H and O–H groups in total. The van der Waals surface area contributed by atoms with Crippen LogP contribution in [0.15, 0.2) is 12.1 Å². The molecule has 7 heteroatoms. The van der Waals surface area contributed by atoms with Crippen molar-refractivity contribution in [2.24, 2.45) is 5.92 Å². The fourth-order valence-electron chi connectivity index (χ4n) is 3.30. The number of hydrogen-bond acceptors (Lipinski definition) is 5. The summed E-state index contributed by atoms with van der Waals surface area (Å²) >= 11 is 0. The summed E-state index contributed by atoms with van der Waals surface area (Å²) in [5, 5.41) is 2.97. The van der Waals surface area contributed by atoms with Gasteiger partial charge in [-0.25, -0.2) is 4.79 Å². The van der Waals surface area contributed by atoms with E-state index < -0.39 is 6.04 Å². The molecule has 0 unspecified atom stereocenters. The number of fused-ring (bicyclic) bond motifs is 1. The summed E-state index contributed by atoms with van der Waals surface area (Å²) in [5.41, 5.74) is 1.94. The minimum Gasteiger partial charge on any atom is -0.493 e. The van der Waals surface area contributed by atoms with Crippen LogP contribution < -0.4 is 14.8 Å². The summed E-state index contributed by atoms with van der Waals surface area (Å²) in [6.07, 6.45) is 1.68. The van der Waals surface area contributed by atoms with Gasteiger partial charge in [-0.3, -0.25) is 4.79 Å². The van der Waals surface area contributed by atoms with E-state index >= 15 is 0 Å². The van der Waals surface area contributed by atoms with E-state index in [0.29, 0.717) is 36.9 Å². The molecule has 1 aromatic rings. The molecule has 0 aliphatic carbocycles. The molecule has 2 rings (SSSR count). The Morgan fingerprint density at radius 3 is 2.44 bits per heavy atom. The Morgan fingerprint density at radius 1 is 1.19 bits per heavy atom. The lowest BCUT2D eigenvalue weighted by Crippen LogP contribution is -2.46. The molecular formula is C20H30N2O5. The Hall–Kier alpha value is -2.44. The van der Waals surface area contributed by atoms with Gasteiger partial charge in [0.2, 0.25) is 0 Å². The van der Waals surface area contributed by atoms with E-state index in [9.17, 15) is 9.59 Å². The number of carbonyl (C=O) groups excluding carboxylic acids is 2. The molecule has 150 valence electrons. The first kappa shape index (κ1) is 20.9. The Morgan fingerprint density at radius 2 is 1.85 bits per heavy atom. The van der Waals surface area contributed by atoms with Crippen LogP contribution in [0.1, 0.15) is 43.9 Å². The van der Waals surface area contributed by atoms with Crippen LogP contribution in [0.3, 0.4) is 0 Å². The first-order valence-electron chi connectivity index (χ1n) is 9.27. The van der Waals surface area contributed by atoms with Crippen LogP contribution in [0.5, 0.6) is 11.5 Å². The Labute approximate surface area is 161 Å². The van der Waals surface area contributed by atoms with Gasteiger partial charge in [0.15, 0.2) is 11.5 Å². The minimum absolute atomic E-state index is 0.0938. The molecular weight excluding hydrogens is 348 g/mol. The molecule has 0 radical (unpaired) electrons. The molecule has 1 aliphatic rings. The lowest BCUT2D eigenvalue weighted by atomic mass is 9.90. The third-order valence-corrected chi connectivity index (χ3v) is 4.85. The number of carbonyl (C=O) groups is 2. The quantitative estimate of drug-likeness (QED) is 0.738. The summed E-state index contributed by atoms with van der Waals surface area (Å²) in [5.74, 6) is 1.37. The van der Waals surface area contributed by atoms with E-state index in [4.69, 9.17) is 14.2 Å². The predicted molar refractivity (Wildman–Crippen MR) is 102 cm³/mol. The van der Waals surface area contributed by atoms with E-state index in [1.165, 1.54) is 7.11 Å². The topological polar surface area (TPSA) is 77.1 Å². The largest absolute Gasteiger partial charge is 0.493 e. The molecule has 1 aliphatic heterocycles. The van der Waals surface area contributed by atoms with E-state index in [2.05, 4.69) is 19.2 Å². The second kappa shape index (κ2) is 9.48. The SMILES string of the molecule is COC(=O)C[C@@H]1c2cc(OC)c(OC)cc2CCN1C(=O)NCCC(C)C. The maximum Gasteiger partial charge on any atom is 0.317 e. The minimum atomic E-state index is -0.403. The van der Waals surface area contributed by atoms with Crippen molar-refractivity contribution in [3.05, 3.63) is 23.3 Å². The number of esters is 1. The number of nitrogens with zero attached hydrogens (tertiary/aromatic N) is 1. The van der Waals surface area contributed by atoms with Crippen LogP contribution in [-0.4, -0.2) is 51.3 Å². The molecule has 0 saturated heterocycles. The number of benzene rings is 1. The number of methoxy groups -OCH3 is 3. The maximum atomic E-state index is 12.8. The van der Waals surface area contributed by atoms with E-state index in [1.54, 1.807) is 19.1 Å². The van der Waals surface area contributed by atoms with Gasteiger partial charge in [-0.2, -0.15) is 0 Å². The molecule has 2 amide bonds. The van der Waals surface area contributed by atoms with Crippen molar-refractivity contribution in [2.75, 3.05) is 34.4 Å². The van der Waals surface area contributed by atoms with Gasteiger partial charge in [0.1, 0.15) is 0 Å². The van der Waals surface area contributed by atoms with Crippen LogP contribution >= 0.6 is 0 Å². The molecule has 0 fully saturated rings. The number of rotatable bonds is 7. The number of hydrogen-bond donors (Lipinski definition) is 1. The summed E-state index contributed by atoms with van der Waals surface area (Å²) in [6, 6.07) is 3.21. The van der Waals surface area contributed by atoms with Gasteiger partial charge in [0.25, 0.3) is 0 Å². The molecule has 1 atom stereocenters. The highest BCUT2D eigenvalue weighted by atomic mass is 16.5. The van der Waals surface area contributed by atoms with Crippen molar-refractivity contribution in [2.45, 2.75) is 39.2 Å². The van der Waals surface area contributed by atoms with Gasteiger partial charge < -0.3 is 24.4 Å². The summed E-state index contributed by atoms with van der Waals surface area (Å²) in [6.45, 7) is 5.36. The van der Waals surface area contributed by atoms with Crippen molar-refractivity contribution >= 4 is 12.0 Å². The van der Waals surface area contributed by atoms with Crippen LogP contribution in [-0.2, 0) is 16.0 Å². The first-order valence-corrected chi connectivity index (χ1v) is 9.27.